The minimum atomic E-state index is -0.144. The maximum atomic E-state index is 11.9. The number of ether oxygens (including phenoxy) is 3. The molecule has 1 unspecified atom stereocenters. The molecule has 2 N–H and O–H groups in total. The number of rotatable bonds is 4. The number of benzene rings is 1. The standard InChI is InChI=1S/C17H19N3O4/c21-17-7-13(11-2-1-5-18-8-11)19-16(20-17)9-22-12-3-4-14-15(6-12)24-10-23-14/h3-4,6-7,11,18H,1-2,5,8-10H2,(H,19,20,21). The summed E-state index contributed by atoms with van der Waals surface area (Å²) in [5, 5.41) is 3.34. The Balaban J connectivity index is 1.48. The topological polar surface area (TPSA) is 85.5 Å². The molecular weight excluding hydrogens is 310 g/mol. The molecule has 24 heavy (non-hydrogen) atoms. The van der Waals surface area contributed by atoms with E-state index in [1.807, 2.05) is 0 Å². The van der Waals surface area contributed by atoms with Gasteiger partial charge < -0.3 is 24.5 Å². The Kier molecular flexibility index (Phi) is 4.08. The van der Waals surface area contributed by atoms with Crippen molar-refractivity contribution in [1.29, 1.82) is 0 Å². The van der Waals surface area contributed by atoms with E-state index in [1.165, 1.54) is 0 Å². The molecule has 126 valence electrons. The molecule has 3 heterocycles. The largest absolute Gasteiger partial charge is 0.486 e. The van der Waals surface area contributed by atoms with Crippen molar-refractivity contribution in [2.45, 2.75) is 25.4 Å². The number of hydrogen-bond acceptors (Lipinski definition) is 6. The molecule has 0 aliphatic carbocycles. The fraction of sp³-hybridized carbons (Fsp3) is 0.412. The number of fused-ring (bicyclic) bond motifs is 1. The van der Waals surface area contributed by atoms with Crippen LogP contribution in [0.2, 0.25) is 0 Å². The Morgan fingerprint density at radius 1 is 1.25 bits per heavy atom. The van der Waals surface area contributed by atoms with Crippen LogP contribution < -0.4 is 25.1 Å². The van der Waals surface area contributed by atoms with Crippen LogP contribution in [0.5, 0.6) is 17.2 Å². The van der Waals surface area contributed by atoms with Crippen LogP contribution in [0.25, 0.3) is 0 Å². The molecule has 2 aliphatic rings. The van der Waals surface area contributed by atoms with Gasteiger partial charge in [-0.3, -0.25) is 4.79 Å². The van der Waals surface area contributed by atoms with Crippen LogP contribution in [0, 0.1) is 0 Å². The van der Waals surface area contributed by atoms with Gasteiger partial charge in [-0.2, -0.15) is 0 Å². The normalized spacial score (nSPS) is 19.2. The van der Waals surface area contributed by atoms with E-state index in [4.69, 9.17) is 14.2 Å². The Morgan fingerprint density at radius 2 is 2.17 bits per heavy atom. The molecule has 0 spiro atoms. The van der Waals surface area contributed by atoms with E-state index in [2.05, 4.69) is 15.3 Å². The van der Waals surface area contributed by atoms with Crippen LogP contribution in [0.4, 0.5) is 0 Å². The smallest absolute Gasteiger partial charge is 0.251 e. The van der Waals surface area contributed by atoms with Crippen molar-refractivity contribution >= 4 is 0 Å². The number of nitrogens with one attached hydrogen (secondary N) is 2. The number of hydrogen-bond donors (Lipinski definition) is 2. The molecule has 2 aliphatic heterocycles. The second-order valence-electron chi connectivity index (χ2n) is 5.96. The zero-order valence-corrected chi connectivity index (χ0v) is 13.2. The number of H-pyrrole nitrogens is 1. The minimum absolute atomic E-state index is 0.144. The Morgan fingerprint density at radius 3 is 3.04 bits per heavy atom. The third-order valence-corrected chi connectivity index (χ3v) is 4.25. The first kappa shape index (κ1) is 15.0. The summed E-state index contributed by atoms with van der Waals surface area (Å²) >= 11 is 0. The average molecular weight is 329 g/mol. The van der Waals surface area contributed by atoms with Gasteiger partial charge in [0.25, 0.3) is 5.56 Å². The molecule has 1 saturated heterocycles. The molecule has 0 amide bonds. The van der Waals surface area contributed by atoms with Gasteiger partial charge >= 0.3 is 0 Å². The quantitative estimate of drug-likeness (QED) is 0.885. The molecule has 0 saturated carbocycles. The lowest BCUT2D eigenvalue weighted by Crippen LogP contribution is -2.30. The van der Waals surface area contributed by atoms with Gasteiger partial charge in [-0.1, -0.05) is 0 Å². The summed E-state index contributed by atoms with van der Waals surface area (Å²) < 4.78 is 16.3. The van der Waals surface area contributed by atoms with Gasteiger partial charge in [-0.25, -0.2) is 4.98 Å². The summed E-state index contributed by atoms with van der Waals surface area (Å²) in [7, 11) is 0. The zero-order valence-electron chi connectivity index (χ0n) is 13.2. The summed E-state index contributed by atoms with van der Waals surface area (Å²) in [5.41, 5.74) is 0.685. The van der Waals surface area contributed by atoms with E-state index >= 15 is 0 Å². The monoisotopic (exact) mass is 329 g/mol. The van der Waals surface area contributed by atoms with Crippen LogP contribution in [-0.4, -0.2) is 29.9 Å². The van der Waals surface area contributed by atoms with Gasteiger partial charge in [-0.15, -0.1) is 0 Å². The highest BCUT2D eigenvalue weighted by atomic mass is 16.7. The van der Waals surface area contributed by atoms with E-state index in [-0.39, 0.29) is 24.9 Å². The second kappa shape index (κ2) is 6.52. The fourth-order valence-electron chi connectivity index (χ4n) is 3.03. The molecule has 1 fully saturated rings. The summed E-state index contributed by atoms with van der Waals surface area (Å²) in [4.78, 5) is 19.2. The van der Waals surface area contributed by atoms with Crippen LogP contribution in [0.3, 0.4) is 0 Å². The molecule has 0 radical (unpaired) electrons. The third kappa shape index (κ3) is 3.21. The lowest BCUT2D eigenvalue weighted by Gasteiger charge is -2.22. The van der Waals surface area contributed by atoms with E-state index in [0.717, 1.165) is 31.6 Å². The van der Waals surface area contributed by atoms with E-state index in [9.17, 15) is 4.79 Å². The highest BCUT2D eigenvalue weighted by Crippen LogP contribution is 2.35. The Labute approximate surface area is 139 Å². The summed E-state index contributed by atoms with van der Waals surface area (Å²) in [6.45, 7) is 2.31. The van der Waals surface area contributed by atoms with Crippen molar-refractivity contribution in [1.82, 2.24) is 15.3 Å². The molecule has 2 aromatic rings. The molecule has 4 rings (SSSR count). The maximum absolute atomic E-state index is 11.9. The Bertz CT molecular complexity index is 784. The highest BCUT2D eigenvalue weighted by Gasteiger charge is 2.18. The first-order valence-electron chi connectivity index (χ1n) is 8.11. The highest BCUT2D eigenvalue weighted by molar-refractivity contribution is 5.46. The van der Waals surface area contributed by atoms with E-state index < -0.39 is 0 Å². The number of piperidine rings is 1. The van der Waals surface area contributed by atoms with Crippen LogP contribution >= 0.6 is 0 Å². The minimum Gasteiger partial charge on any atom is -0.486 e. The summed E-state index contributed by atoms with van der Waals surface area (Å²) in [6, 6.07) is 6.97. The lowest BCUT2D eigenvalue weighted by molar-refractivity contribution is 0.173. The molecule has 1 aromatic carbocycles. The Hall–Kier alpha value is -2.54. The summed E-state index contributed by atoms with van der Waals surface area (Å²) in [5.74, 6) is 2.83. The van der Waals surface area contributed by atoms with Crippen molar-refractivity contribution in [3.05, 3.63) is 46.1 Å². The molecular formula is C17H19N3O4. The van der Waals surface area contributed by atoms with Crippen molar-refractivity contribution in [3.63, 3.8) is 0 Å². The molecule has 1 atom stereocenters. The van der Waals surface area contributed by atoms with Crippen molar-refractivity contribution < 1.29 is 14.2 Å². The first-order chi connectivity index (χ1) is 11.8. The zero-order chi connectivity index (χ0) is 16.4. The van der Waals surface area contributed by atoms with Crippen molar-refractivity contribution in [2.75, 3.05) is 19.9 Å². The SMILES string of the molecule is O=c1cc(C2CCCNC2)nc(COc2ccc3c(c2)OCO3)[nH]1. The van der Waals surface area contributed by atoms with Gasteiger partial charge in [0.1, 0.15) is 18.2 Å². The van der Waals surface area contributed by atoms with Crippen molar-refractivity contribution in [3.8, 4) is 17.2 Å². The third-order valence-electron chi connectivity index (χ3n) is 4.25. The first-order valence-corrected chi connectivity index (χ1v) is 8.11. The number of aromatic amines is 1. The molecule has 1 aromatic heterocycles. The predicted molar refractivity (Wildman–Crippen MR) is 86.6 cm³/mol. The molecule has 7 heteroatoms. The fourth-order valence-corrected chi connectivity index (χ4v) is 3.03. The van der Waals surface area contributed by atoms with Gasteiger partial charge in [0, 0.05) is 24.6 Å². The second-order valence-corrected chi connectivity index (χ2v) is 5.96. The van der Waals surface area contributed by atoms with Gasteiger partial charge in [0.2, 0.25) is 6.79 Å². The van der Waals surface area contributed by atoms with E-state index in [0.29, 0.717) is 23.1 Å². The van der Waals surface area contributed by atoms with E-state index in [1.54, 1.807) is 24.3 Å². The van der Waals surface area contributed by atoms with Crippen LogP contribution in [0.1, 0.15) is 30.3 Å². The lowest BCUT2D eigenvalue weighted by atomic mass is 9.96. The number of aromatic nitrogens is 2. The van der Waals surface area contributed by atoms with Crippen molar-refractivity contribution in [2.24, 2.45) is 0 Å². The van der Waals surface area contributed by atoms with Gasteiger partial charge in [-0.05, 0) is 31.5 Å². The van der Waals surface area contributed by atoms with Crippen LogP contribution in [-0.2, 0) is 6.61 Å². The maximum Gasteiger partial charge on any atom is 0.251 e. The number of nitrogens with zero attached hydrogens (tertiary/aromatic N) is 1. The predicted octanol–water partition coefficient (Wildman–Crippen LogP) is 1.54. The average Bonchev–Trinajstić information content (AvgIpc) is 3.08. The molecule has 7 nitrogen and oxygen atoms in total. The van der Waals surface area contributed by atoms with Gasteiger partial charge in [0.05, 0.1) is 5.69 Å². The molecule has 0 bridgehead atoms. The van der Waals surface area contributed by atoms with Gasteiger partial charge in [0.15, 0.2) is 11.5 Å². The van der Waals surface area contributed by atoms with Crippen LogP contribution in [0.15, 0.2) is 29.1 Å². The summed E-state index contributed by atoms with van der Waals surface area (Å²) in [6.07, 6.45) is 2.15.